The van der Waals surface area contributed by atoms with Crippen LogP contribution in [0.25, 0.3) is 0 Å². The number of hydrogen-bond acceptors (Lipinski definition) is 6. The molecule has 0 amide bonds. The van der Waals surface area contributed by atoms with Crippen molar-refractivity contribution < 1.29 is 18.1 Å². The molecule has 0 spiro atoms. The molecule has 0 radical (unpaired) electrons. The number of nitro groups is 1. The maximum Gasteiger partial charge on any atom is 0.275 e. The molecule has 3 N–H and O–H groups in total. The molecule has 0 saturated heterocycles. The molecule has 0 saturated carbocycles. The van der Waals surface area contributed by atoms with Crippen LogP contribution in [0, 0.1) is 10.1 Å². The van der Waals surface area contributed by atoms with E-state index in [2.05, 4.69) is 4.72 Å². The SMILES string of the molecule is CCCOc1cc(NS(=O)(=O)c2ccc(N)cc2)cc([N+](=O)[O-])c1. The van der Waals surface area contributed by atoms with Gasteiger partial charge in [0.15, 0.2) is 0 Å². The number of benzene rings is 2. The topological polar surface area (TPSA) is 125 Å². The summed E-state index contributed by atoms with van der Waals surface area (Å²) in [5, 5.41) is 11.0. The second kappa shape index (κ2) is 7.18. The molecular formula is C15H17N3O5S. The number of hydrogen-bond donors (Lipinski definition) is 2. The normalized spacial score (nSPS) is 11.0. The van der Waals surface area contributed by atoms with Crippen LogP contribution >= 0.6 is 0 Å². The maximum absolute atomic E-state index is 12.4. The number of ether oxygens (including phenoxy) is 1. The van der Waals surface area contributed by atoms with Crippen LogP contribution in [-0.4, -0.2) is 19.9 Å². The van der Waals surface area contributed by atoms with E-state index in [4.69, 9.17) is 10.5 Å². The summed E-state index contributed by atoms with van der Waals surface area (Å²) in [5.41, 5.74) is 5.75. The van der Waals surface area contributed by atoms with Gasteiger partial charge in [0.25, 0.3) is 15.7 Å². The Morgan fingerprint density at radius 3 is 2.46 bits per heavy atom. The molecule has 0 unspecified atom stereocenters. The lowest BCUT2D eigenvalue weighted by Crippen LogP contribution is -2.13. The first-order chi connectivity index (χ1) is 11.3. The summed E-state index contributed by atoms with van der Waals surface area (Å²) in [7, 11) is -3.89. The van der Waals surface area contributed by atoms with Crippen LogP contribution in [0.5, 0.6) is 5.75 Å². The maximum atomic E-state index is 12.4. The lowest BCUT2D eigenvalue weighted by Gasteiger charge is -2.11. The Balaban J connectivity index is 2.34. The lowest BCUT2D eigenvalue weighted by atomic mass is 10.2. The fourth-order valence-electron chi connectivity index (χ4n) is 1.91. The minimum Gasteiger partial charge on any atom is -0.493 e. The average molecular weight is 351 g/mol. The summed E-state index contributed by atoms with van der Waals surface area (Å²) in [6.45, 7) is 2.26. The first-order valence-electron chi connectivity index (χ1n) is 7.12. The number of anilines is 2. The third-order valence-corrected chi connectivity index (χ3v) is 4.41. The Hall–Kier alpha value is -2.81. The summed E-state index contributed by atoms with van der Waals surface area (Å²) >= 11 is 0. The van der Waals surface area contributed by atoms with E-state index in [0.29, 0.717) is 12.3 Å². The quantitative estimate of drug-likeness (QED) is 0.449. The molecule has 0 aromatic heterocycles. The van der Waals surface area contributed by atoms with Gasteiger partial charge in [0.1, 0.15) is 5.75 Å². The van der Waals surface area contributed by atoms with Gasteiger partial charge in [-0.25, -0.2) is 8.42 Å². The Morgan fingerprint density at radius 1 is 1.21 bits per heavy atom. The van der Waals surface area contributed by atoms with E-state index in [9.17, 15) is 18.5 Å². The lowest BCUT2D eigenvalue weighted by molar-refractivity contribution is -0.384. The summed E-state index contributed by atoms with van der Waals surface area (Å²) in [5.74, 6) is 0.223. The van der Waals surface area contributed by atoms with Crippen LogP contribution in [0.15, 0.2) is 47.4 Å². The van der Waals surface area contributed by atoms with Crippen molar-refractivity contribution in [2.45, 2.75) is 18.2 Å². The van der Waals surface area contributed by atoms with Crippen molar-refractivity contribution in [2.24, 2.45) is 0 Å². The van der Waals surface area contributed by atoms with E-state index in [-0.39, 0.29) is 22.0 Å². The zero-order valence-corrected chi connectivity index (χ0v) is 13.7. The molecule has 0 aliphatic heterocycles. The molecule has 24 heavy (non-hydrogen) atoms. The van der Waals surface area contributed by atoms with Crippen LogP contribution in [0.2, 0.25) is 0 Å². The van der Waals surface area contributed by atoms with E-state index in [1.54, 1.807) is 0 Å². The van der Waals surface area contributed by atoms with Gasteiger partial charge in [0, 0.05) is 17.8 Å². The summed E-state index contributed by atoms with van der Waals surface area (Å²) in [4.78, 5) is 10.4. The number of nitro benzene ring substituents is 1. The number of nitrogens with one attached hydrogen (secondary N) is 1. The molecule has 0 aliphatic carbocycles. The molecule has 0 aliphatic rings. The van der Waals surface area contributed by atoms with Crippen LogP contribution < -0.4 is 15.2 Å². The van der Waals surface area contributed by atoms with Crippen LogP contribution in [0.4, 0.5) is 17.1 Å². The van der Waals surface area contributed by atoms with Gasteiger partial charge >= 0.3 is 0 Å². The van der Waals surface area contributed by atoms with Gasteiger partial charge in [-0.2, -0.15) is 0 Å². The second-order valence-electron chi connectivity index (χ2n) is 5.00. The second-order valence-corrected chi connectivity index (χ2v) is 6.68. The van der Waals surface area contributed by atoms with E-state index < -0.39 is 14.9 Å². The minimum atomic E-state index is -3.89. The molecule has 8 nitrogen and oxygen atoms in total. The van der Waals surface area contributed by atoms with Crippen molar-refractivity contribution in [3.05, 3.63) is 52.6 Å². The third kappa shape index (κ3) is 4.35. The van der Waals surface area contributed by atoms with Crippen LogP contribution in [0.3, 0.4) is 0 Å². The molecule has 0 bridgehead atoms. The van der Waals surface area contributed by atoms with Crippen LogP contribution in [-0.2, 0) is 10.0 Å². The summed E-state index contributed by atoms with van der Waals surface area (Å²) in [6, 6.07) is 9.39. The van der Waals surface area contributed by atoms with E-state index in [1.807, 2.05) is 6.92 Å². The predicted octanol–water partition coefficient (Wildman–Crippen LogP) is 2.77. The first kappa shape index (κ1) is 17.5. The molecule has 128 valence electrons. The van der Waals surface area contributed by atoms with E-state index in [0.717, 1.165) is 12.5 Å². The smallest absolute Gasteiger partial charge is 0.275 e. The number of sulfonamides is 1. The fourth-order valence-corrected chi connectivity index (χ4v) is 2.95. The predicted molar refractivity (Wildman–Crippen MR) is 90.5 cm³/mol. The van der Waals surface area contributed by atoms with Crippen molar-refractivity contribution in [1.29, 1.82) is 0 Å². The first-order valence-corrected chi connectivity index (χ1v) is 8.61. The summed E-state index contributed by atoms with van der Waals surface area (Å²) in [6.07, 6.45) is 0.717. The van der Waals surface area contributed by atoms with Gasteiger partial charge < -0.3 is 10.5 Å². The molecule has 0 heterocycles. The highest BCUT2D eigenvalue weighted by Crippen LogP contribution is 2.28. The van der Waals surface area contributed by atoms with Crippen molar-refractivity contribution in [1.82, 2.24) is 0 Å². The van der Waals surface area contributed by atoms with Gasteiger partial charge in [0.05, 0.1) is 28.2 Å². The third-order valence-electron chi connectivity index (χ3n) is 3.02. The monoisotopic (exact) mass is 351 g/mol. The number of nitrogens with zero attached hydrogens (tertiary/aromatic N) is 1. The Kier molecular flexibility index (Phi) is 5.24. The largest absolute Gasteiger partial charge is 0.493 e. The molecule has 2 aromatic carbocycles. The van der Waals surface area contributed by atoms with Gasteiger partial charge in [-0.3, -0.25) is 14.8 Å². The fraction of sp³-hybridized carbons (Fsp3) is 0.200. The molecule has 2 aromatic rings. The molecule has 0 fully saturated rings. The van der Waals surface area contributed by atoms with E-state index in [1.165, 1.54) is 36.4 Å². The number of nitrogen functional groups attached to an aromatic ring is 1. The van der Waals surface area contributed by atoms with Gasteiger partial charge in [-0.05, 0) is 30.7 Å². The highest BCUT2D eigenvalue weighted by molar-refractivity contribution is 7.92. The number of rotatable bonds is 7. The van der Waals surface area contributed by atoms with E-state index >= 15 is 0 Å². The zero-order chi connectivity index (χ0) is 17.7. The van der Waals surface area contributed by atoms with Gasteiger partial charge in [-0.15, -0.1) is 0 Å². The zero-order valence-electron chi connectivity index (χ0n) is 12.9. The molecule has 0 atom stereocenters. The molecular weight excluding hydrogens is 334 g/mol. The van der Waals surface area contributed by atoms with Crippen molar-refractivity contribution >= 4 is 27.1 Å². The van der Waals surface area contributed by atoms with Gasteiger partial charge in [0.2, 0.25) is 0 Å². The molecule has 2 rings (SSSR count). The van der Waals surface area contributed by atoms with Gasteiger partial charge in [-0.1, -0.05) is 6.92 Å². The number of nitrogens with two attached hydrogens (primary N) is 1. The number of non-ortho nitro benzene ring substituents is 1. The Morgan fingerprint density at radius 2 is 1.88 bits per heavy atom. The Labute approximate surface area is 139 Å². The van der Waals surface area contributed by atoms with Crippen molar-refractivity contribution in [3.8, 4) is 5.75 Å². The summed E-state index contributed by atoms with van der Waals surface area (Å²) < 4.78 is 32.4. The molecule has 9 heteroatoms. The standard InChI is InChI=1S/C15H17N3O5S/c1-2-7-23-14-9-12(8-13(10-14)18(19)20)17-24(21,22)15-5-3-11(16)4-6-15/h3-6,8-10,17H,2,7,16H2,1H3. The van der Waals surface area contributed by atoms with Crippen LogP contribution in [0.1, 0.15) is 13.3 Å². The van der Waals surface area contributed by atoms with Crippen molar-refractivity contribution in [3.63, 3.8) is 0 Å². The average Bonchev–Trinajstić information content (AvgIpc) is 2.52. The highest BCUT2D eigenvalue weighted by Gasteiger charge is 2.17. The van der Waals surface area contributed by atoms with Crippen molar-refractivity contribution in [2.75, 3.05) is 17.1 Å². The highest BCUT2D eigenvalue weighted by atomic mass is 32.2. The Bertz CT molecular complexity index is 835. The minimum absolute atomic E-state index is 0.000710.